The third kappa shape index (κ3) is 2.76. The maximum Gasteiger partial charge on any atom is 0.106 e. The molecule has 0 aliphatic carbocycles. The van der Waals surface area contributed by atoms with E-state index in [4.69, 9.17) is 0 Å². The van der Waals surface area contributed by atoms with Crippen molar-refractivity contribution in [1.29, 1.82) is 0 Å². The van der Waals surface area contributed by atoms with Gasteiger partial charge in [-0.25, -0.2) is 0 Å². The summed E-state index contributed by atoms with van der Waals surface area (Å²) < 4.78 is 2.89. The Kier molecular flexibility index (Phi) is 4.24. The molecule has 0 aliphatic heterocycles. The van der Waals surface area contributed by atoms with Crippen molar-refractivity contribution in [3.8, 4) is 0 Å². The number of hydrogen-bond donors (Lipinski definition) is 1. The van der Waals surface area contributed by atoms with Crippen molar-refractivity contribution in [2.24, 2.45) is 0 Å². The molecule has 5 heteroatoms. The first-order chi connectivity index (χ1) is 7.58. The van der Waals surface area contributed by atoms with Crippen LogP contribution in [0, 0.1) is 0 Å². The fourth-order valence-electron chi connectivity index (χ4n) is 1.37. The number of benzene rings is 1. The molecule has 0 saturated carbocycles. The normalized spacial score (nSPS) is 12.8. The smallest absolute Gasteiger partial charge is 0.106 e. The van der Waals surface area contributed by atoms with Crippen LogP contribution >= 0.6 is 59.1 Å². The van der Waals surface area contributed by atoms with Crippen molar-refractivity contribution in [2.75, 3.05) is 0 Å². The third-order valence-electron chi connectivity index (χ3n) is 2.16. The van der Waals surface area contributed by atoms with Crippen LogP contribution in [0.1, 0.15) is 17.2 Å². The number of thiophene rings is 1. The minimum absolute atomic E-state index is 0.602. The zero-order valence-corrected chi connectivity index (χ0v) is 13.5. The zero-order valence-electron chi connectivity index (χ0n) is 7.95. The van der Waals surface area contributed by atoms with Crippen LogP contribution < -0.4 is 0 Å². The number of rotatable bonds is 2. The predicted molar refractivity (Wildman–Crippen MR) is 77.9 cm³/mol. The summed E-state index contributed by atoms with van der Waals surface area (Å²) in [4.78, 5) is 0. The van der Waals surface area contributed by atoms with E-state index >= 15 is 0 Å². The van der Waals surface area contributed by atoms with E-state index < -0.39 is 6.10 Å². The largest absolute Gasteiger partial charge is 0.384 e. The summed E-state index contributed by atoms with van der Waals surface area (Å²) in [6, 6.07) is 7.71. The lowest BCUT2D eigenvalue weighted by Crippen LogP contribution is -1.99. The first kappa shape index (κ1) is 12.8. The van der Waals surface area contributed by atoms with E-state index in [2.05, 4.69) is 47.8 Å². The van der Waals surface area contributed by atoms with E-state index in [1.165, 1.54) is 0 Å². The lowest BCUT2D eigenvalue weighted by molar-refractivity contribution is 0.220. The van der Waals surface area contributed by atoms with Gasteiger partial charge in [-0.15, -0.1) is 11.3 Å². The number of aliphatic hydroxyl groups is 1. The van der Waals surface area contributed by atoms with Crippen molar-refractivity contribution in [3.63, 3.8) is 0 Å². The second-order valence-electron chi connectivity index (χ2n) is 3.25. The van der Waals surface area contributed by atoms with Gasteiger partial charge in [0.2, 0.25) is 0 Å². The maximum absolute atomic E-state index is 10.2. The van der Waals surface area contributed by atoms with Gasteiger partial charge in [-0.05, 0) is 51.1 Å². The summed E-state index contributed by atoms with van der Waals surface area (Å²) in [5.41, 5.74) is 1.76. The minimum atomic E-state index is -0.602. The Bertz CT molecular complexity index is 510. The van der Waals surface area contributed by atoms with E-state index in [0.29, 0.717) is 0 Å². The van der Waals surface area contributed by atoms with E-state index in [1.807, 2.05) is 29.6 Å². The standard InChI is InChI=1S/C11H7Br3OS/c12-7-1-2-9(13)8(4-7)11(15)6-3-10(14)16-5-6/h1-5,11,15H. The molecule has 16 heavy (non-hydrogen) atoms. The molecule has 2 rings (SSSR count). The third-order valence-corrected chi connectivity index (χ3v) is 4.89. The van der Waals surface area contributed by atoms with Gasteiger partial charge in [0.05, 0.1) is 3.79 Å². The Morgan fingerprint density at radius 2 is 1.88 bits per heavy atom. The number of halogens is 3. The maximum atomic E-state index is 10.2. The van der Waals surface area contributed by atoms with Gasteiger partial charge in [0, 0.05) is 14.5 Å². The van der Waals surface area contributed by atoms with Crippen LogP contribution in [-0.4, -0.2) is 5.11 Å². The van der Waals surface area contributed by atoms with Gasteiger partial charge >= 0.3 is 0 Å². The molecule has 1 aromatic heterocycles. The van der Waals surface area contributed by atoms with Gasteiger partial charge in [-0.3, -0.25) is 0 Å². The lowest BCUT2D eigenvalue weighted by Gasteiger charge is -2.11. The molecule has 1 nitrogen and oxygen atoms in total. The molecule has 0 fully saturated rings. The Labute approximate surface area is 123 Å². The van der Waals surface area contributed by atoms with Gasteiger partial charge in [0.1, 0.15) is 6.10 Å². The summed E-state index contributed by atoms with van der Waals surface area (Å²) in [5, 5.41) is 12.2. The zero-order chi connectivity index (χ0) is 11.7. The minimum Gasteiger partial charge on any atom is -0.384 e. The molecule has 2 aromatic rings. The van der Waals surface area contributed by atoms with Crippen LogP contribution in [0.3, 0.4) is 0 Å². The first-order valence-corrected chi connectivity index (χ1v) is 7.71. The summed E-state index contributed by atoms with van der Waals surface area (Å²) in [7, 11) is 0. The molecule has 0 radical (unpaired) electrons. The van der Waals surface area contributed by atoms with Gasteiger partial charge < -0.3 is 5.11 Å². The highest BCUT2D eigenvalue weighted by Gasteiger charge is 2.15. The Morgan fingerprint density at radius 1 is 1.12 bits per heavy atom. The van der Waals surface area contributed by atoms with Crippen molar-refractivity contribution >= 4 is 59.1 Å². The first-order valence-electron chi connectivity index (χ1n) is 4.45. The van der Waals surface area contributed by atoms with Gasteiger partial charge in [-0.1, -0.05) is 31.9 Å². The number of hydrogen-bond acceptors (Lipinski definition) is 2. The SMILES string of the molecule is OC(c1csc(Br)c1)c1cc(Br)ccc1Br. The van der Waals surface area contributed by atoms with Gasteiger partial charge in [-0.2, -0.15) is 0 Å². The van der Waals surface area contributed by atoms with Gasteiger partial charge in [0.15, 0.2) is 0 Å². The topological polar surface area (TPSA) is 20.2 Å². The fourth-order valence-corrected chi connectivity index (χ4v) is 3.41. The second-order valence-corrected chi connectivity index (χ2v) is 7.31. The van der Waals surface area contributed by atoms with Crippen molar-refractivity contribution in [3.05, 3.63) is 53.5 Å². The Morgan fingerprint density at radius 3 is 2.50 bits per heavy atom. The lowest BCUT2D eigenvalue weighted by atomic mass is 10.0. The molecule has 0 amide bonds. The molecule has 1 atom stereocenters. The van der Waals surface area contributed by atoms with Crippen molar-refractivity contribution in [2.45, 2.75) is 6.10 Å². The van der Waals surface area contributed by atoms with Crippen LogP contribution in [0.4, 0.5) is 0 Å². The van der Waals surface area contributed by atoms with Crippen molar-refractivity contribution in [1.82, 2.24) is 0 Å². The average Bonchev–Trinajstić information content (AvgIpc) is 2.67. The molecular formula is C11H7Br3OS. The molecule has 1 unspecified atom stereocenters. The Balaban J connectivity index is 2.40. The molecule has 84 valence electrons. The highest BCUT2D eigenvalue weighted by molar-refractivity contribution is 9.11. The molecule has 0 saturated heterocycles. The van der Waals surface area contributed by atoms with Crippen LogP contribution in [-0.2, 0) is 0 Å². The molecule has 0 bridgehead atoms. The summed E-state index contributed by atoms with van der Waals surface area (Å²) in [5.74, 6) is 0. The average molecular weight is 427 g/mol. The summed E-state index contributed by atoms with van der Waals surface area (Å²) >= 11 is 11.8. The van der Waals surface area contributed by atoms with E-state index in [-0.39, 0.29) is 0 Å². The van der Waals surface area contributed by atoms with E-state index in [0.717, 1.165) is 23.9 Å². The van der Waals surface area contributed by atoms with Crippen molar-refractivity contribution < 1.29 is 5.11 Å². The summed E-state index contributed by atoms with van der Waals surface area (Å²) in [6.07, 6.45) is -0.602. The predicted octanol–water partition coefficient (Wildman–Crippen LogP) is 5.12. The molecule has 0 spiro atoms. The second kappa shape index (κ2) is 5.31. The van der Waals surface area contributed by atoms with Crippen LogP contribution in [0.5, 0.6) is 0 Å². The molecule has 1 heterocycles. The highest BCUT2D eigenvalue weighted by Crippen LogP contribution is 2.34. The fraction of sp³-hybridized carbons (Fsp3) is 0.0909. The van der Waals surface area contributed by atoms with Gasteiger partial charge in [0.25, 0.3) is 0 Å². The van der Waals surface area contributed by atoms with E-state index in [9.17, 15) is 5.11 Å². The molecule has 1 aromatic carbocycles. The van der Waals surface area contributed by atoms with Crippen LogP contribution in [0.25, 0.3) is 0 Å². The number of aliphatic hydroxyl groups excluding tert-OH is 1. The van der Waals surface area contributed by atoms with E-state index in [1.54, 1.807) is 11.3 Å². The monoisotopic (exact) mass is 424 g/mol. The molecule has 0 aliphatic rings. The highest BCUT2D eigenvalue weighted by atomic mass is 79.9. The molecular weight excluding hydrogens is 420 g/mol. The molecule has 1 N–H and O–H groups in total. The van der Waals surface area contributed by atoms with Crippen LogP contribution in [0.2, 0.25) is 0 Å². The summed E-state index contributed by atoms with van der Waals surface area (Å²) in [6.45, 7) is 0. The quantitative estimate of drug-likeness (QED) is 0.706. The van der Waals surface area contributed by atoms with Crippen LogP contribution in [0.15, 0.2) is 42.4 Å². The Hall–Kier alpha value is 0.320.